The summed E-state index contributed by atoms with van der Waals surface area (Å²) in [6.07, 6.45) is 0.212. The summed E-state index contributed by atoms with van der Waals surface area (Å²) in [6.45, 7) is 0. The molecule has 0 saturated carbocycles. The number of nitrogens with zero attached hydrogens (tertiary/aromatic N) is 2. The van der Waals surface area contributed by atoms with Crippen LogP contribution in [-0.2, 0) is 11.2 Å². The molecule has 0 unspecified atom stereocenters. The fraction of sp³-hybridized carbons (Fsp3) is 0.0435. The first-order chi connectivity index (χ1) is 14.1. The molecule has 142 valence electrons. The normalized spacial score (nSPS) is 11.9. The molecule has 0 aliphatic carbocycles. The number of allylic oxidation sites excluding steroid dienone is 1. The highest BCUT2D eigenvalue weighted by atomic mass is 32.1. The third kappa shape index (κ3) is 3.97. The van der Waals surface area contributed by atoms with Crippen LogP contribution in [0.4, 0.5) is 0 Å². The molecular weight excluding hydrogens is 384 g/mol. The molecule has 0 aliphatic rings. The van der Waals surface area contributed by atoms with Gasteiger partial charge < -0.3 is 5.11 Å². The summed E-state index contributed by atoms with van der Waals surface area (Å²) < 4.78 is 8.36. The Balaban J connectivity index is 1.92. The lowest BCUT2D eigenvalue weighted by Crippen LogP contribution is -2.14. The second-order valence-electron chi connectivity index (χ2n) is 6.48. The summed E-state index contributed by atoms with van der Waals surface area (Å²) in [5.74, 6) is -1.45. The standard InChI is InChI=1S/C23H16N2O3S/c26-22(16-9-5-2-6-10-16)18(13-15-7-3-1-4-8-15)21(23(27)28)17-11-12-19-20(14-17)25-29-24-19/h1-12,14H,13H2,(H,27,28). The maximum Gasteiger partial charge on any atom is 0.336 e. The fourth-order valence-corrected chi connectivity index (χ4v) is 3.73. The van der Waals surface area contributed by atoms with Gasteiger partial charge >= 0.3 is 5.97 Å². The van der Waals surface area contributed by atoms with Crippen molar-refractivity contribution >= 4 is 40.1 Å². The van der Waals surface area contributed by atoms with E-state index in [1.807, 2.05) is 36.4 Å². The smallest absolute Gasteiger partial charge is 0.336 e. The van der Waals surface area contributed by atoms with E-state index in [1.165, 1.54) is 0 Å². The summed E-state index contributed by atoms with van der Waals surface area (Å²) in [6, 6.07) is 23.2. The summed E-state index contributed by atoms with van der Waals surface area (Å²) in [5, 5.41) is 10.1. The number of carbonyl (C=O) groups is 2. The van der Waals surface area contributed by atoms with E-state index in [-0.39, 0.29) is 23.4 Å². The first kappa shape index (κ1) is 18.7. The molecule has 5 nitrogen and oxygen atoms in total. The van der Waals surface area contributed by atoms with Crippen LogP contribution in [0.3, 0.4) is 0 Å². The maximum atomic E-state index is 13.3. The van der Waals surface area contributed by atoms with Crippen LogP contribution < -0.4 is 0 Å². The van der Waals surface area contributed by atoms with Gasteiger partial charge in [-0.25, -0.2) is 4.79 Å². The molecule has 0 amide bonds. The monoisotopic (exact) mass is 400 g/mol. The SMILES string of the molecule is O=C(O)C(=C(Cc1ccccc1)C(=O)c1ccccc1)c1ccc2nsnc2c1. The van der Waals surface area contributed by atoms with E-state index in [1.54, 1.807) is 42.5 Å². The summed E-state index contributed by atoms with van der Waals surface area (Å²) in [4.78, 5) is 25.6. The van der Waals surface area contributed by atoms with Gasteiger partial charge in [-0.15, -0.1) is 0 Å². The maximum absolute atomic E-state index is 13.3. The van der Waals surface area contributed by atoms with Crippen LogP contribution in [0.1, 0.15) is 21.5 Å². The molecular formula is C23H16N2O3S. The van der Waals surface area contributed by atoms with Crippen LogP contribution in [0.25, 0.3) is 16.6 Å². The molecule has 0 fully saturated rings. The van der Waals surface area contributed by atoms with Gasteiger partial charge in [0, 0.05) is 17.6 Å². The van der Waals surface area contributed by atoms with E-state index in [0.29, 0.717) is 22.2 Å². The summed E-state index contributed by atoms with van der Waals surface area (Å²) >= 11 is 1.07. The molecule has 0 atom stereocenters. The number of carbonyl (C=O) groups excluding carboxylic acids is 1. The van der Waals surface area contributed by atoms with Crippen molar-refractivity contribution in [2.24, 2.45) is 0 Å². The van der Waals surface area contributed by atoms with E-state index in [4.69, 9.17) is 0 Å². The molecule has 6 heteroatoms. The number of hydrogen-bond acceptors (Lipinski definition) is 5. The first-order valence-corrected chi connectivity index (χ1v) is 9.69. The highest BCUT2D eigenvalue weighted by molar-refractivity contribution is 7.00. The Kier molecular flexibility index (Phi) is 5.27. The number of fused-ring (bicyclic) bond motifs is 1. The molecule has 0 saturated heterocycles. The second-order valence-corrected chi connectivity index (χ2v) is 7.01. The molecule has 1 heterocycles. The molecule has 3 aromatic carbocycles. The molecule has 1 N–H and O–H groups in total. The number of carboxylic acid groups (broad SMARTS) is 1. The molecule has 0 radical (unpaired) electrons. The average Bonchev–Trinajstić information content (AvgIpc) is 3.22. The first-order valence-electron chi connectivity index (χ1n) is 8.96. The zero-order valence-electron chi connectivity index (χ0n) is 15.3. The van der Waals surface area contributed by atoms with E-state index in [2.05, 4.69) is 8.75 Å². The Hall–Kier alpha value is -3.64. The number of aromatic nitrogens is 2. The van der Waals surface area contributed by atoms with E-state index in [0.717, 1.165) is 17.3 Å². The predicted octanol–water partition coefficient (Wildman–Crippen LogP) is 4.66. The Bertz CT molecular complexity index is 1210. The molecule has 1 aromatic heterocycles. The van der Waals surface area contributed by atoms with Crippen molar-refractivity contribution in [2.45, 2.75) is 6.42 Å². The van der Waals surface area contributed by atoms with Gasteiger partial charge in [0.2, 0.25) is 0 Å². The minimum atomic E-state index is -1.15. The zero-order chi connectivity index (χ0) is 20.2. The lowest BCUT2D eigenvalue weighted by Gasteiger charge is -2.13. The number of ketones is 1. The number of aliphatic carboxylic acids is 1. The van der Waals surface area contributed by atoms with Gasteiger partial charge in [-0.1, -0.05) is 66.7 Å². The number of benzene rings is 3. The third-order valence-corrected chi connectivity index (χ3v) is 5.15. The molecule has 4 rings (SSSR count). The predicted molar refractivity (Wildman–Crippen MR) is 113 cm³/mol. The van der Waals surface area contributed by atoms with E-state index < -0.39 is 5.97 Å². The second kappa shape index (κ2) is 8.16. The Morgan fingerprint density at radius 2 is 1.45 bits per heavy atom. The third-order valence-electron chi connectivity index (χ3n) is 4.59. The molecule has 0 aliphatic heterocycles. The van der Waals surface area contributed by atoms with Crippen molar-refractivity contribution in [3.8, 4) is 0 Å². The van der Waals surface area contributed by atoms with Crippen molar-refractivity contribution in [3.05, 3.63) is 101 Å². The quantitative estimate of drug-likeness (QED) is 0.376. The van der Waals surface area contributed by atoms with Gasteiger partial charge in [-0.2, -0.15) is 8.75 Å². The van der Waals surface area contributed by atoms with Crippen LogP contribution in [-0.4, -0.2) is 25.6 Å². The van der Waals surface area contributed by atoms with Gasteiger partial charge in [-0.05, 0) is 23.3 Å². The topological polar surface area (TPSA) is 80.1 Å². The number of carboxylic acids is 1. The number of hydrogen-bond donors (Lipinski definition) is 1. The summed E-state index contributed by atoms with van der Waals surface area (Å²) in [5.41, 5.74) is 3.28. The minimum absolute atomic E-state index is 0.0161. The Labute approximate surface area is 171 Å². The number of rotatable bonds is 6. The van der Waals surface area contributed by atoms with Gasteiger partial charge in [0.05, 0.1) is 17.3 Å². The molecule has 0 bridgehead atoms. The van der Waals surface area contributed by atoms with E-state index >= 15 is 0 Å². The van der Waals surface area contributed by atoms with Gasteiger partial charge in [0.15, 0.2) is 5.78 Å². The summed E-state index contributed by atoms with van der Waals surface area (Å²) in [7, 11) is 0. The van der Waals surface area contributed by atoms with Gasteiger partial charge in [-0.3, -0.25) is 4.79 Å². The van der Waals surface area contributed by atoms with Crippen molar-refractivity contribution in [1.82, 2.24) is 8.75 Å². The van der Waals surface area contributed by atoms with Crippen molar-refractivity contribution in [3.63, 3.8) is 0 Å². The van der Waals surface area contributed by atoms with Crippen molar-refractivity contribution in [1.29, 1.82) is 0 Å². The fourth-order valence-electron chi connectivity index (χ4n) is 3.21. The van der Waals surface area contributed by atoms with Crippen LogP contribution in [0.2, 0.25) is 0 Å². The lowest BCUT2D eigenvalue weighted by atomic mass is 9.89. The van der Waals surface area contributed by atoms with Crippen molar-refractivity contribution < 1.29 is 14.7 Å². The van der Waals surface area contributed by atoms with Crippen LogP contribution in [0, 0.1) is 0 Å². The largest absolute Gasteiger partial charge is 0.478 e. The number of Topliss-reactive ketones (excluding diaryl/α,β-unsaturated/α-hetero) is 1. The van der Waals surface area contributed by atoms with Crippen molar-refractivity contribution in [2.75, 3.05) is 0 Å². The molecule has 4 aromatic rings. The average molecular weight is 400 g/mol. The van der Waals surface area contributed by atoms with Crippen LogP contribution >= 0.6 is 11.7 Å². The molecule has 0 spiro atoms. The highest BCUT2D eigenvalue weighted by Gasteiger charge is 2.24. The highest BCUT2D eigenvalue weighted by Crippen LogP contribution is 2.27. The lowest BCUT2D eigenvalue weighted by molar-refractivity contribution is -0.130. The minimum Gasteiger partial charge on any atom is -0.478 e. The van der Waals surface area contributed by atoms with Gasteiger partial charge in [0.25, 0.3) is 0 Å². The van der Waals surface area contributed by atoms with E-state index in [9.17, 15) is 14.7 Å². The van der Waals surface area contributed by atoms with Crippen LogP contribution in [0.15, 0.2) is 84.4 Å². The van der Waals surface area contributed by atoms with Crippen LogP contribution in [0.5, 0.6) is 0 Å². The zero-order valence-corrected chi connectivity index (χ0v) is 16.1. The Morgan fingerprint density at radius 3 is 2.14 bits per heavy atom. The molecule has 29 heavy (non-hydrogen) atoms. The Morgan fingerprint density at radius 1 is 0.793 bits per heavy atom. The van der Waals surface area contributed by atoms with Gasteiger partial charge in [0.1, 0.15) is 11.0 Å².